The van der Waals surface area contributed by atoms with E-state index in [9.17, 15) is 0 Å². The molecule has 3 rings (SSSR count). The Bertz CT molecular complexity index is 690. The van der Waals surface area contributed by atoms with E-state index in [0.717, 1.165) is 5.75 Å². The van der Waals surface area contributed by atoms with Gasteiger partial charge in [0.25, 0.3) is 0 Å². The first-order chi connectivity index (χ1) is 10.1. The van der Waals surface area contributed by atoms with Gasteiger partial charge >= 0.3 is 0 Å². The highest BCUT2D eigenvalue weighted by atomic mass is 35.5. The predicted octanol–water partition coefficient (Wildman–Crippen LogP) is 3.89. The number of nitrogens with one attached hydrogen (secondary N) is 1. The molecule has 0 aromatic heterocycles. The first kappa shape index (κ1) is 14.3. The third kappa shape index (κ3) is 3.01. The highest BCUT2D eigenvalue weighted by Crippen LogP contribution is 2.39. The Hall–Kier alpha value is -1.65. The molecule has 21 heavy (non-hydrogen) atoms. The summed E-state index contributed by atoms with van der Waals surface area (Å²) in [5.41, 5.74) is 7.34. The van der Waals surface area contributed by atoms with Crippen LogP contribution in [0.2, 0.25) is 5.02 Å². The van der Waals surface area contributed by atoms with E-state index in [2.05, 4.69) is 24.3 Å². The average Bonchev–Trinajstić information content (AvgIpc) is 2.88. The molecule has 1 aliphatic rings. The van der Waals surface area contributed by atoms with Gasteiger partial charge in [0, 0.05) is 22.1 Å². The van der Waals surface area contributed by atoms with Crippen LogP contribution < -0.4 is 10.5 Å². The summed E-state index contributed by atoms with van der Waals surface area (Å²) in [6.45, 7) is 0.625. The summed E-state index contributed by atoms with van der Waals surface area (Å²) < 4.78 is 5.85. The number of amidine groups is 1. The first-order valence-electron chi connectivity index (χ1n) is 6.63. The van der Waals surface area contributed by atoms with Crippen LogP contribution in [-0.4, -0.2) is 18.2 Å². The number of benzene rings is 2. The fraction of sp³-hybridized carbons (Fsp3) is 0.188. The number of hydrogen-bond donors (Lipinski definition) is 2. The van der Waals surface area contributed by atoms with Gasteiger partial charge in [0.15, 0.2) is 0 Å². The van der Waals surface area contributed by atoms with E-state index >= 15 is 0 Å². The normalized spacial score (nSPS) is 16.5. The van der Waals surface area contributed by atoms with Crippen molar-refractivity contribution < 1.29 is 4.74 Å². The third-order valence-corrected chi connectivity index (χ3v) is 5.05. The van der Waals surface area contributed by atoms with Crippen molar-refractivity contribution in [3.05, 3.63) is 58.6 Å². The van der Waals surface area contributed by atoms with Crippen LogP contribution in [0.4, 0.5) is 0 Å². The summed E-state index contributed by atoms with van der Waals surface area (Å²) in [5.74, 6) is 2.11. The first-order valence-corrected chi connectivity index (χ1v) is 8.00. The molecule has 3 nitrogen and oxygen atoms in total. The zero-order valence-corrected chi connectivity index (χ0v) is 12.9. The van der Waals surface area contributed by atoms with E-state index in [1.54, 1.807) is 18.2 Å². The van der Waals surface area contributed by atoms with Crippen LogP contribution in [0.15, 0.2) is 47.4 Å². The smallest absolute Gasteiger partial charge is 0.124 e. The molecule has 108 valence electrons. The lowest BCUT2D eigenvalue weighted by Gasteiger charge is -2.13. The Morgan fingerprint density at radius 2 is 2.14 bits per heavy atom. The van der Waals surface area contributed by atoms with Crippen molar-refractivity contribution in [2.45, 2.75) is 10.8 Å². The fourth-order valence-corrected chi connectivity index (χ4v) is 3.87. The Morgan fingerprint density at radius 3 is 2.90 bits per heavy atom. The predicted molar refractivity (Wildman–Crippen MR) is 87.9 cm³/mol. The quantitative estimate of drug-likeness (QED) is 0.664. The molecule has 1 heterocycles. The maximum atomic E-state index is 7.42. The van der Waals surface area contributed by atoms with Crippen molar-refractivity contribution in [1.29, 1.82) is 5.41 Å². The number of rotatable bonds is 4. The van der Waals surface area contributed by atoms with Gasteiger partial charge in [-0.05, 0) is 29.8 Å². The van der Waals surface area contributed by atoms with E-state index in [4.69, 9.17) is 27.5 Å². The fourth-order valence-electron chi connectivity index (χ4n) is 2.37. The van der Waals surface area contributed by atoms with Crippen molar-refractivity contribution in [2.75, 3.05) is 12.4 Å². The standard InChI is InChI=1S/C16H15ClN2OS/c17-14-7-11(5-6-13(14)16(18)19)20-8-10-9-21-15-4-2-1-3-12(10)15/h1-7,10H,8-9H2,(H3,18,19). The molecule has 2 aromatic rings. The van der Waals surface area contributed by atoms with Crippen LogP contribution in [0.25, 0.3) is 0 Å². The van der Waals surface area contributed by atoms with Gasteiger partial charge in [-0.2, -0.15) is 0 Å². The third-order valence-electron chi connectivity index (χ3n) is 3.48. The van der Waals surface area contributed by atoms with Crippen molar-refractivity contribution in [3.63, 3.8) is 0 Å². The van der Waals surface area contributed by atoms with Gasteiger partial charge in [-0.25, -0.2) is 0 Å². The molecule has 3 N–H and O–H groups in total. The largest absolute Gasteiger partial charge is 0.493 e. The van der Waals surface area contributed by atoms with Gasteiger partial charge in [-0.15, -0.1) is 11.8 Å². The van der Waals surface area contributed by atoms with Gasteiger partial charge in [-0.3, -0.25) is 5.41 Å². The van der Waals surface area contributed by atoms with Gasteiger partial charge < -0.3 is 10.5 Å². The molecule has 0 saturated heterocycles. The highest BCUT2D eigenvalue weighted by molar-refractivity contribution is 7.99. The van der Waals surface area contributed by atoms with Crippen LogP contribution in [0, 0.1) is 5.41 Å². The molecule has 0 aliphatic carbocycles. The SMILES string of the molecule is N=C(N)c1ccc(OCC2CSc3ccccc32)cc1Cl. The number of fused-ring (bicyclic) bond motifs is 1. The number of nitrogen functional groups attached to an aromatic ring is 1. The van der Waals surface area contributed by atoms with E-state index in [1.807, 2.05) is 11.8 Å². The lowest BCUT2D eigenvalue weighted by Crippen LogP contribution is -2.12. The number of halogens is 1. The second-order valence-corrected chi connectivity index (χ2v) is 6.38. The molecule has 1 unspecified atom stereocenters. The maximum absolute atomic E-state index is 7.42. The number of nitrogens with two attached hydrogens (primary N) is 1. The van der Waals surface area contributed by atoms with Crippen LogP contribution in [0.3, 0.4) is 0 Å². The van der Waals surface area contributed by atoms with E-state index in [-0.39, 0.29) is 5.84 Å². The van der Waals surface area contributed by atoms with E-state index in [0.29, 0.717) is 28.9 Å². The second kappa shape index (κ2) is 6.00. The van der Waals surface area contributed by atoms with E-state index in [1.165, 1.54) is 10.5 Å². The Morgan fingerprint density at radius 1 is 1.33 bits per heavy atom. The van der Waals surface area contributed by atoms with Crippen LogP contribution in [0.5, 0.6) is 5.75 Å². The zero-order valence-electron chi connectivity index (χ0n) is 11.3. The summed E-state index contributed by atoms with van der Waals surface area (Å²) in [6.07, 6.45) is 0. The molecule has 0 radical (unpaired) electrons. The highest BCUT2D eigenvalue weighted by Gasteiger charge is 2.23. The van der Waals surface area contributed by atoms with Gasteiger partial charge in [0.2, 0.25) is 0 Å². The Labute approximate surface area is 133 Å². The lowest BCUT2D eigenvalue weighted by atomic mass is 10.0. The molecule has 0 bridgehead atoms. The molecular formula is C16H15ClN2OS. The second-order valence-electron chi connectivity index (χ2n) is 4.91. The van der Waals surface area contributed by atoms with Crippen LogP contribution >= 0.6 is 23.4 Å². The topological polar surface area (TPSA) is 59.1 Å². The lowest BCUT2D eigenvalue weighted by molar-refractivity contribution is 0.298. The van der Waals surface area contributed by atoms with Gasteiger partial charge in [-0.1, -0.05) is 29.8 Å². The van der Waals surface area contributed by atoms with Crippen LogP contribution in [-0.2, 0) is 0 Å². The van der Waals surface area contributed by atoms with Crippen molar-refractivity contribution in [1.82, 2.24) is 0 Å². The minimum atomic E-state index is -0.0346. The summed E-state index contributed by atoms with van der Waals surface area (Å²) in [4.78, 5) is 1.34. The summed E-state index contributed by atoms with van der Waals surface area (Å²) in [6, 6.07) is 13.7. The number of hydrogen-bond acceptors (Lipinski definition) is 3. The summed E-state index contributed by atoms with van der Waals surface area (Å²) >= 11 is 7.97. The minimum absolute atomic E-state index is 0.0346. The van der Waals surface area contributed by atoms with E-state index < -0.39 is 0 Å². The molecule has 0 fully saturated rings. The molecule has 1 atom stereocenters. The molecule has 0 spiro atoms. The average molecular weight is 319 g/mol. The summed E-state index contributed by atoms with van der Waals surface area (Å²) in [7, 11) is 0. The van der Waals surface area contributed by atoms with Gasteiger partial charge in [0.1, 0.15) is 11.6 Å². The Kier molecular flexibility index (Phi) is 4.08. The zero-order chi connectivity index (χ0) is 14.8. The molecule has 1 aliphatic heterocycles. The molecule has 5 heteroatoms. The molecule has 0 amide bonds. The monoisotopic (exact) mass is 318 g/mol. The van der Waals surface area contributed by atoms with Crippen molar-refractivity contribution in [2.24, 2.45) is 5.73 Å². The van der Waals surface area contributed by atoms with Crippen molar-refractivity contribution in [3.8, 4) is 5.75 Å². The number of ether oxygens (including phenoxy) is 1. The molecule has 0 saturated carbocycles. The van der Waals surface area contributed by atoms with Gasteiger partial charge in [0.05, 0.1) is 11.6 Å². The molecular weight excluding hydrogens is 304 g/mol. The minimum Gasteiger partial charge on any atom is -0.493 e. The number of thioether (sulfide) groups is 1. The Balaban J connectivity index is 1.69. The summed E-state index contributed by atoms with van der Waals surface area (Å²) in [5, 5.41) is 7.86. The van der Waals surface area contributed by atoms with Crippen molar-refractivity contribution >= 4 is 29.2 Å². The van der Waals surface area contributed by atoms with Crippen LogP contribution in [0.1, 0.15) is 17.0 Å². The maximum Gasteiger partial charge on any atom is 0.124 e. The molecule has 2 aromatic carbocycles.